The smallest absolute Gasteiger partial charge is 0.270 e. The van der Waals surface area contributed by atoms with E-state index in [2.05, 4.69) is 11.8 Å². The Hall–Kier alpha value is -2.99. The molecule has 2 aromatic carbocycles. The molecule has 0 aliphatic rings. The maximum atomic E-state index is 12.3. The van der Waals surface area contributed by atoms with Gasteiger partial charge >= 0.3 is 0 Å². The van der Waals surface area contributed by atoms with Gasteiger partial charge in [0.25, 0.3) is 5.69 Å². The standard InChI is InChI=1S/C21H24N2O4/c1-16(14-22(2)3)15-27-20-10-8-18(9-11-20)21(24)12-7-17-5-4-6-19(13-17)23(25)26/h4-13,16H,14-15H2,1-3H3/b12-7+. The summed E-state index contributed by atoms with van der Waals surface area (Å²) in [6.45, 7) is 3.67. The number of allylic oxidation sites excluding steroid dienone is 1. The SMILES string of the molecule is CC(COc1ccc(C(=O)/C=C/c2cccc([N+](=O)[O-])c2)cc1)CN(C)C. The van der Waals surface area contributed by atoms with Crippen LogP contribution in [0.15, 0.2) is 54.6 Å². The fourth-order valence-corrected chi connectivity index (χ4v) is 2.64. The van der Waals surface area contributed by atoms with Crippen molar-refractivity contribution in [1.29, 1.82) is 0 Å². The van der Waals surface area contributed by atoms with Gasteiger partial charge in [-0.2, -0.15) is 0 Å². The quantitative estimate of drug-likeness (QED) is 0.289. The van der Waals surface area contributed by atoms with Crippen LogP contribution in [-0.2, 0) is 0 Å². The third kappa shape index (κ3) is 6.67. The Morgan fingerprint density at radius 3 is 2.56 bits per heavy atom. The first-order chi connectivity index (χ1) is 12.8. The van der Waals surface area contributed by atoms with Crippen LogP contribution in [0.3, 0.4) is 0 Å². The average Bonchev–Trinajstić information content (AvgIpc) is 2.64. The number of non-ortho nitro benzene ring substituents is 1. The molecule has 6 heteroatoms. The molecule has 1 atom stereocenters. The van der Waals surface area contributed by atoms with Gasteiger partial charge in [-0.05, 0) is 50.0 Å². The molecule has 0 fully saturated rings. The van der Waals surface area contributed by atoms with Crippen LogP contribution in [0.4, 0.5) is 5.69 Å². The van der Waals surface area contributed by atoms with E-state index in [-0.39, 0.29) is 11.5 Å². The van der Waals surface area contributed by atoms with Gasteiger partial charge in [0, 0.05) is 30.2 Å². The molecular formula is C21H24N2O4. The molecule has 1 unspecified atom stereocenters. The number of ether oxygens (including phenoxy) is 1. The number of ketones is 1. The van der Waals surface area contributed by atoms with E-state index in [1.807, 2.05) is 14.1 Å². The topological polar surface area (TPSA) is 72.7 Å². The van der Waals surface area contributed by atoms with Crippen LogP contribution in [0, 0.1) is 16.0 Å². The first kappa shape index (κ1) is 20.3. The molecule has 2 aromatic rings. The molecule has 0 spiro atoms. The fourth-order valence-electron chi connectivity index (χ4n) is 2.64. The molecule has 0 bridgehead atoms. The molecule has 0 N–H and O–H groups in total. The number of nitrogens with zero attached hydrogens (tertiary/aromatic N) is 2. The van der Waals surface area contributed by atoms with Crippen molar-refractivity contribution in [3.8, 4) is 5.75 Å². The number of rotatable bonds is 9. The number of benzene rings is 2. The minimum atomic E-state index is -0.461. The number of nitro groups is 1. The third-order valence-corrected chi connectivity index (χ3v) is 3.86. The molecule has 6 nitrogen and oxygen atoms in total. The van der Waals surface area contributed by atoms with Gasteiger partial charge in [-0.1, -0.05) is 25.1 Å². The van der Waals surface area contributed by atoms with Crippen molar-refractivity contribution in [2.24, 2.45) is 5.92 Å². The first-order valence-electron chi connectivity index (χ1n) is 8.69. The molecule has 0 aliphatic heterocycles. The van der Waals surface area contributed by atoms with E-state index in [9.17, 15) is 14.9 Å². The van der Waals surface area contributed by atoms with E-state index >= 15 is 0 Å². The largest absolute Gasteiger partial charge is 0.493 e. The summed E-state index contributed by atoms with van der Waals surface area (Å²) in [6, 6.07) is 13.1. The van der Waals surface area contributed by atoms with Crippen LogP contribution in [-0.4, -0.2) is 42.9 Å². The highest BCUT2D eigenvalue weighted by atomic mass is 16.6. The maximum Gasteiger partial charge on any atom is 0.270 e. The van der Waals surface area contributed by atoms with Gasteiger partial charge < -0.3 is 9.64 Å². The summed E-state index contributed by atoms with van der Waals surface area (Å²) in [4.78, 5) is 24.7. The van der Waals surface area contributed by atoms with E-state index in [0.29, 0.717) is 23.7 Å². The van der Waals surface area contributed by atoms with Gasteiger partial charge in [0.2, 0.25) is 0 Å². The Bertz CT molecular complexity index is 813. The first-order valence-corrected chi connectivity index (χ1v) is 8.69. The van der Waals surface area contributed by atoms with Crippen LogP contribution in [0.1, 0.15) is 22.8 Å². The second-order valence-electron chi connectivity index (χ2n) is 6.75. The minimum Gasteiger partial charge on any atom is -0.493 e. The van der Waals surface area contributed by atoms with Crippen LogP contribution >= 0.6 is 0 Å². The van der Waals surface area contributed by atoms with Crippen LogP contribution in [0.25, 0.3) is 6.08 Å². The average molecular weight is 368 g/mol. The van der Waals surface area contributed by atoms with E-state index in [1.54, 1.807) is 42.5 Å². The second-order valence-corrected chi connectivity index (χ2v) is 6.75. The molecule has 0 aromatic heterocycles. The summed E-state index contributed by atoms with van der Waals surface area (Å²) in [5, 5.41) is 10.8. The maximum absolute atomic E-state index is 12.3. The normalized spacial score (nSPS) is 12.3. The molecule has 2 rings (SSSR count). The van der Waals surface area contributed by atoms with Crippen LogP contribution in [0.5, 0.6) is 5.75 Å². The van der Waals surface area contributed by atoms with Gasteiger partial charge in [0.05, 0.1) is 11.5 Å². The van der Waals surface area contributed by atoms with Crippen molar-refractivity contribution < 1.29 is 14.5 Å². The lowest BCUT2D eigenvalue weighted by Crippen LogP contribution is -2.24. The summed E-state index contributed by atoms with van der Waals surface area (Å²) >= 11 is 0. The summed E-state index contributed by atoms with van der Waals surface area (Å²) < 4.78 is 5.75. The predicted molar refractivity (Wildman–Crippen MR) is 106 cm³/mol. The van der Waals surface area contributed by atoms with Crippen molar-refractivity contribution in [3.05, 3.63) is 75.8 Å². The summed E-state index contributed by atoms with van der Waals surface area (Å²) in [5.41, 5.74) is 1.13. The highest BCUT2D eigenvalue weighted by Crippen LogP contribution is 2.16. The lowest BCUT2D eigenvalue weighted by Gasteiger charge is -2.17. The lowest BCUT2D eigenvalue weighted by molar-refractivity contribution is -0.384. The van der Waals surface area contributed by atoms with Crippen molar-refractivity contribution in [3.63, 3.8) is 0 Å². The molecule has 142 valence electrons. The molecule has 0 saturated heterocycles. The fraction of sp³-hybridized carbons (Fsp3) is 0.286. The molecule has 27 heavy (non-hydrogen) atoms. The molecule has 0 amide bonds. The Morgan fingerprint density at radius 1 is 1.22 bits per heavy atom. The highest BCUT2D eigenvalue weighted by Gasteiger charge is 2.07. The van der Waals surface area contributed by atoms with Crippen LogP contribution in [0.2, 0.25) is 0 Å². The molecule has 0 heterocycles. The van der Waals surface area contributed by atoms with Gasteiger partial charge in [-0.15, -0.1) is 0 Å². The zero-order chi connectivity index (χ0) is 19.8. The Balaban J connectivity index is 1.95. The van der Waals surface area contributed by atoms with E-state index in [1.165, 1.54) is 18.2 Å². The number of carbonyl (C=O) groups excluding carboxylic acids is 1. The van der Waals surface area contributed by atoms with Crippen LogP contribution < -0.4 is 4.74 Å². The number of hydrogen-bond donors (Lipinski definition) is 0. The predicted octanol–water partition coefficient (Wildman–Crippen LogP) is 4.07. The molecular weight excluding hydrogens is 344 g/mol. The number of carbonyl (C=O) groups is 1. The highest BCUT2D eigenvalue weighted by molar-refractivity contribution is 6.06. The molecule has 0 aliphatic carbocycles. The van der Waals surface area contributed by atoms with Crippen molar-refractivity contribution in [2.45, 2.75) is 6.92 Å². The van der Waals surface area contributed by atoms with Crippen molar-refractivity contribution >= 4 is 17.5 Å². The lowest BCUT2D eigenvalue weighted by atomic mass is 10.1. The van der Waals surface area contributed by atoms with Crippen molar-refractivity contribution in [2.75, 3.05) is 27.2 Å². The zero-order valence-electron chi connectivity index (χ0n) is 15.8. The molecule has 0 radical (unpaired) electrons. The summed E-state index contributed by atoms with van der Waals surface area (Å²) in [5.74, 6) is 0.952. The van der Waals surface area contributed by atoms with Crippen molar-refractivity contribution in [1.82, 2.24) is 4.90 Å². The third-order valence-electron chi connectivity index (χ3n) is 3.86. The second kappa shape index (κ2) is 9.64. The van der Waals surface area contributed by atoms with E-state index in [4.69, 9.17) is 4.74 Å². The Morgan fingerprint density at radius 2 is 1.93 bits per heavy atom. The Labute approximate surface area is 159 Å². The van der Waals surface area contributed by atoms with E-state index in [0.717, 1.165) is 12.3 Å². The molecule has 0 saturated carbocycles. The monoisotopic (exact) mass is 368 g/mol. The van der Waals surface area contributed by atoms with E-state index < -0.39 is 4.92 Å². The minimum absolute atomic E-state index is 0.00500. The van der Waals surface area contributed by atoms with Gasteiger partial charge in [0.1, 0.15) is 5.75 Å². The number of nitro benzene ring substituents is 1. The summed E-state index contributed by atoms with van der Waals surface area (Å²) in [6.07, 6.45) is 2.98. The van der Waals surface area contributed by atoms with Gasteiger partial charge in [0.15, 0.2) is 5.78 Å². The zero-order valence-corrected chi connectivity index (χ0v) is 15.8. The van der Waals surface area contributed by atoms with Gasteiger partial charge in [-0.3, -0.25) is 14.9 Å². The number of hydrogen-bond acceptors (Lipinski definition) is 5. The van der Waals surface area contributed by atoms with Gasteiger partial charge in [-0.25, -0.2) is 0 Å². The summed E-state index contributed by atoms with van der Waals surface area (Å²) in [7, 11) is 4.05. The Kier molecular flexibility index (Phi) is 7.25.